The summed E-state index contributed by atoms with van der Waals surface area (Å²) in [6.07, 6.45) is 0. The van der Waals surface area contributed by atoms with E-state index in [2.05, 4.69) is 0 Å². The molecule has 13 heavy (non-hydrogen) atoms. The second-order valence-electron chi connectivity index (χ2n) is 2.01. The Hall–Kier alpha value is -1.53. The van der Waals surface area contributed by atoms with Crippen molar-refractivity contribution in [1.82, 2.24) is 0 Å². The van der Waals surface area contributed by atoms with Crippen molar-refractivity contribution < 1.29 is 22.0 Å². The molecular formula is C6F5NO. The van der Waals surface area contributed by atoms with Crippen LogP contribution in [0.25, 0.3) is 0 Å². The van der Waals surface area contributed by atoms with E-state index in [0.29, 0.717) is 0 Å². The van der Waals surface area contributed by atoms with Gasteiger partial charge in [-0.1, -0.05) is 0 Å². The monoisotopic (exact) mass is 197 g/mol. The molecule has 0 aliphatic carbocycles. The van der Waals surface area contributed by atoms with Gasteiger partial charge in [-0.05, 0) is 5.18 Å². The fourth-order valence-corrected chi connectivity index (χ4v) is 0.673. The zero-order chi connectivity index (χ0) is 10.2. The molecule has 0 aromatic heterocycles. The first-order chi connectivity index (χ1) is 6.00. The van der Waals surface area contributed by atoms with Crippen molar-refractivity contribution in [3.05, 3.63) is 34.0 Å². The summed E-state index contributed by atoms with van der Waals surface area (Å²) in [6, 6.07) is 0. The van der Waals surface area contributed by atoms with E-state index in [1.807, 2.05) is 0 Å². The van der Waals surface area contributed by atoms with Crippen LogP contribution >= 0.6 is 0 Å². The molecule has 0 saturated heterocycles. The summed E-state index contributed by atoms with van der Waals surface area (Å²) in [6.45, 7) is 0. The Kier molecular flexibility index (Phi) is 2.26. The molecule has 7 heteroatoms. The van der Waals surface area contributed by atoms with Crippen LogP contribution in [0, 0.1) is 34.0 Å². The lowest BCUT2D eigenvalue weighted by molar-refractivity contribution is 0.381. The van der Waals surface area contributed by atoms with E-state index in [1.54, 1.807) is 5.18 Å². The molecule has 0 heterocycles. The van der Waals surface area contributed by atoms with Crippen molar-refractivity contribution in [2.75, 3.05) is 0 Å². The Morgan fingerprint density at radius 1 is 0.692 bits per heavy atom. The third-order valence-electron chi connectivity index (χ3n) is 1.28. The van der Waals surface area contributed by atoms with Crippen LogP contribution < -0.4 is 0 Å². The predicted molar refractivity (Wildman–Crippen MR) is 31.7 cm³/mol. The summed E-state index contributed by atoms with van der Waals surface area (Å²) in [7, 11) is 0. The molecule has 1 rings (SSSR count). The Bertz CT molecular complexity index is 349. The van der Waals surface area contributed by atoms with Crippen LogP contribution in [-0.4, -0.2) is 0 Å². The molecule has 0 aliphatic heterocycles. The molecule has 0 radical (unpaired) electrons. The van der Waals surface area contributed by atoms with Crippen LogP contribution in [0.5, 0.6) is 0 Å². The lowest BCUT2D eigenvalue weighted by Crippen LogP contribution is -2.00. The maximum absolute atomic E-state index is 12.4. The molecule has 1 aromatic rings. The largest absolute Gasteiger partial charge is 0.201 e. The zero-order valence-corrected chi connectivity index (χ0v) is 5.75. The van der Waals surface area contributed by atoms with E-state index >= 15 is 0 Å². The summed E-state index contributed by atoms with van der Waals surface area (Å²) in [4.78, 5) is 9.68. The van der Waals surface area contributed by atoms with E-state index in [-0.39, 0.29) is 0 Å². The maximum Gasteiger partial charge on any atom is 0.200 e. The van der Waals surface area contributed by atoms with Crippen molar-refractivity contribution in [2.45, 2.75) is 0 Å². The van der Waals surface area contributed by atoms with Gasteiger partial charge in [0.05, 0.1) is 0 Å². The summed E-state index contributed by atoms with van der Waals surface area (Å²) < 4.78 is 61.5. The fraction of sp³-hybridized carbons (Fsp3) is 0. The third kappa shape index (κ3) is 1.25. The number of nitrogens with zero attached hydrogens (tertiary/aromatic N) is 1. The van der Waals surface area contributed by atoms with Gasteiger partial charge in [0, 0.05) is 0 Å². The minimum absolute atomic E-state index is 1.69. The highest BCUT2D eigenvalue weighted by atomic mass is 19.2. The molecule has 0 bridgehead atoms. The van der Waals surface area contributed by atoms with Gasteiger partial charge >= 0.3 is 0 Å². The molecule has 0 unspecified atom stereocenters. The van der Waals surface area contributed by atoms with Gasteiger partial charge < -0.3 is 0 Å². The summed E-state index contributed by atoms with van der Waals surface area (Å²) in [5, 5.41) is 1.69. The van der Waals surface area contributed by atoms with Gasteiger partial charge in [-0.25, -0.2) is 22.0 Å². The summed E-state index contributed by atoms with van der Waals surface area (Å²) >= 11 is 0. The number of rotatable bonds is 1. The Balaban J connectivity index is 3.66. The fourth-order valence-electron chi connectivity index (χ4n) is 0.673. The molecule has 70 valence electrons. The predicted octanol–water partition coefficient (Wildman–Crippen LogP) is 2.78. The van der Waals surface area contributed by atoms with Crippen molar-refractivity contribution in [3.63, 3.8) is 0 Å². The second-order valence-corrected chi connectivity index (χ2v) is 2.01. The number of hydrogen-bond acceptors (Lipinski definition) is 2. The average molecular weight is 197 g/mol. The lowest BCUT2D eigenvalue weighted by Gasteiger charge is -2.00. The van der Waals surface area contributed by atoms with Crippen molar-refractivity contribution in [2.24, 2.45) is 5.18 Å². The van der Waals surface area contributed by atoms with Crippen molar-refractivity contribution in [3.8, 4) is 0 Å². The van der Waals surface area contributed by atoms with E-state index < -0.39 is 34.8 Å². The normalized spacial score (nSPS) is 10.2. The minimum atomic E-state index is -2.32. The highest BCUT2D eigenvalue weighted by Crippen LogP contribution is 2.28. The highest BCUT2D eigenvalue weighted by molar-refractivity contribution is 5.41. The molecule has 0 fully saturated rings. The quantitative estimate of drug-likeness (QED) is 0.294. The molecular weight excluding hydrogens is 197 g/mol. The number of halogens is 5. The minimum Gasteiger partial charge on any atom is -0.201 e. The molecule has 0 amide bonds. The first kappa shape index (κ1) is 9.56. The smallest absolute Gasteiger partial charge is 0.200 e. The van der Waals surface area contributed by atoms with Gasteiger partial charge in [-0.3, -0.25) is 0 Å². The zero-order valence-electron chi connectivity index (χ0n) is 5.75. The topological polar surface area (TPSA) is 29.4 Å². The molecule has 0 spiro atoms. The Labute approximate surface area is 68.0 Å². The van der Waals surface area contributed by atoms with Crippen LogP contribution in [0.15, 0.2) is 5.18 Å². The van der Waals surface area contributed by atoms with E-state index in [1.165, 1.54) is 0 Å². The molecule has 2 nitrogen and oxygen atoms in total. The van der Waals surface area contributed by atoms with Crippen LogP contribution in [0.3, 0.4) is 0 Å². The molecule has 0 N–H and O–H groups in total. The van der Waals surface area contributed by atoms with Gasteiger partial charge in [0.25, 0.3) is 0 Å². The van der Waals surface area contributed by atoms with Crippen molar-refractivity contribution in [1.29, 1.82) is 0 Å². The number of benzene rings is 1. The first-order valence-electron chi connectivity index (χ1n) is 2.85. The lowest BCUT2D eigenvalue weighted by atomic mass is 10.2. The van der Waals surface area contributed by atoms with Gasteiger partial charge in [0.1, 0.15) is 0 Å². The molecule has 0 aliphatic rings. The summed E-state index contributed by atoms with van der Waals surface area (Å²) in [5.41, 5.74) is -1.71. The maximum atomic E-state index is 12.4. The van der Waals surface area contributed by atoms with Gasteiger partial charge in [0.15, 0.2) is 29.0 Å². The molecule has 0 saturated carbocycles. The first-order valence-corrected chi connectivity index (χ1v) is 2.85. The number of nitroso groups, excluding NO2 is 1. The van der Waals surface area contributed by atoms with Gasteiger partial charge in [-0.15, -0.1) is 4.91 Å². The van der Waals surface area contributed by atoms with E-state index in [9.17, 15) is 26.9 Å². The Morgan fingerprint density at radius 3 is 1.31 bits per heavy atom. The van der Waals surface area contributed by atoms with E-state index in [0.717, 1.165) is 0 Å². The third-order valence-corrected chi connectivity index (χ3v) is 1.28. The highest BCUT2D eigenvalue weighted by Gasteiger charge is 2.26. The second kappa shape index (κ2) is 3.08. The average Bonchev–Trinajstić information content (AvgIpc) is 2.13. The van der Waals surface area contributed by atoms with Gasteiger partial charge in [0.2, 0.25) is 5.82 Å². The SMILES string of the molecule is O=Nc1c(F)c(F)c(F)c(F)c1F. The van der Waals surface area contributed by atoms with Crippen molar-refractivity contribution >= 4 is 5.69 Å². The summed E-state index contributed by atoms with van der Waals surface area (Å²) in [5.74, 6) is -11.2. The van der Waals surface area contributed by atoms with Gasteiger partial charge in [-0.2, -0.15) is 0 Å². The molecule has 1 aromatic carbocycles. The Morgan fingerprint density at radius 2 is 1.00 bits per heavy atom. The van der Waals surface area contributed by atoms with E-state index in [4.69, 9.17) is 0 Å². The van der Waals surface area contributed by atoms with Crippen LogP contribution in [-0.2, 0) is 0 Å². The number of hydrogen-bond donors (Lipinski definition) is 0. The molecule has 0 atom stereocenters. The standard InChI is InChI=1S/C6F5NO/c7-1-2(8)4(10)6(12-13)5(11)3(1)9. The van der Waals surface area contributed by atoms with Crippen LogP contribution in [0.4, 0.5) is 27.6 Å². The van der Waals surface area contributed by atoms with Crippen LogP contribution in [0.1, 0.15) is 0 Å². The van der Waals surface area contributed by atoms with Crippen LogP contribution in [0.2, 0.25) is 0 Å².